The Morgan fingerprint density at radius 2 is 1.34 bits per heavy atom. The van der Waals surface area contributed by atoms with E-state index in [0.717, 1.165) is 43.5 Å². The molecule has 7 rings (SSSR count). The molecule has 38 heavy (non-hydrogen) atoms. The molecule has 5 heteroatoms. The summed E-state index contributed by atoms with van der Waals surface area (Å²) >= 11 is 0. The van der Waals surface area contributed by atoms with Crippen LogP contribution in [0.3, 0.4) is 0 Å². The zero-order valence-corrected chi connectivity index (χ0v) is 20.8. The van der Waals surface area contributed by atoms with Gasteiger partial charge in [-0.15, -0.1) is 10.2 Å². The van der Waals surface area contributed by atoms with Gasteiger partial charge in [0.25, 0.3) is 0 Å². The third-order valence-corrected chi connectivity index (χ3v) is 7.12. The molecule has 5 nitrogen and oxygen atoms in total. The predicted octanol–water partition coefficient (Wildman–Crippen LogP) is 8.60. The fourth-order valence-corrected chi connectivity index (χ4v) is 5.46. The van der Waals surface area contributed by atoms with Gasteiger partial charge in [0.2, 0.25) is 0 Å². The molecule has 0 unspecified atom stereocenters. The van der Waals surface area contributed by atoms with Crippen LogP contribution in [0.5, 0.6) is 0 Å². The van der Waals surface area contributed by atoms with Crippen molar-refractivity contribution in [2.24, 2.45) is 9.98 Å². The van der Waals surface area contributed by atoms with Crippen molar-refractivity contribution < 1.29 is 0 Å². The number of aliphatic imine (C=N–C) groups is 2. The summed E-state index contributed by atoms with van der Waals surface area (Å²) < 4.78 is 2.15. The van der Waals surface area contributed by atoms with Crippen LogP contribution in [0.4, 0.5) is 11.4 Å². The molecule has 0 aliphatic heterocycles. The van der Waals surface area contributed by atoms with Crippen molar-refractivity contribution >= 4 is 67.7 Å². The second-order valence-corrected chi connectivity index (χ2v) is 9.21. The van der Waals surface area contributed by atoms with Gasteiger partial charge in [0.1, 0.15) is 17.1 Å². The van der Waals surface area contributed by atoms with Crippen molar-refractivity contribution in [1.29, 1.82) is 0 Å². The van der Waals surface area contributed by atoms with E-state index in [4.69, 9.17) is 15.2 Å². The Morgan fingerprint density at radius 3 is 2.13 bits per heavy atom. The average Bonchev–Trinajstić information content (AvgIpc) is 3.28. The average molecular weight is 490 g/mol. The number of aromatic nitrogens is 3. The van der Waals surface area contributed by atoms with Gasteiger partial charge in [-0.3, -0.25) is 14.6 Å². The van der Waals surface area contributed by atoms with E-state index in [0.29, 0.717) is 22.9 Å². The molecule has 0 fully saturated rings. The molecule has 0 saturated heterocycles. The van der Waals surface area contributed by atoms with Gasteiger partial charge < -0.3 is 0 Å². The highest BCUT2D eigenvalue weighted by molar-refractivity contribution is 6.14. The molecule has 7 aromatic rings. The molecule has 0 radical (unpaired) electrons. The molecule has 2 aromatic heterocycles. The summed E-state index contributed by atoms with van der Waals surface area (Å²) in [5.41, 5.74) is 4.93. The molecule has 0 atom stereocenters. The number of benzene rings is 5. The fourth-order valence-electron chi connectivity index (χ4n) is 5.46. The standard InChI is InChI=1S/C33H23N5/c1-3-35-32-31(34-2)30(26-17-10-14-21-11-6-7-15-24(21)26)36-37-33(32)38-28-18-9-8-16-25(28)27-19-22-12-4-5-13-23(22)20-29(27)38/h3-20H,2H2,1H3/b35-3-. The third kappa shape index (κ3) is 3.26. The van der Waals surface area contributed by atoms with E-state index in [-0.39, 0.29) is 0 Å². The van der Waals surface area contributed by atoms with E-state index in [1.807, 2.05) is 37.3 Å². The highest BCUT2D eigenvalue weighted by Gasteiger charge is 2.22. The molecule has 0 saturated carbocycles. The van der Waals surface area contributed by atoms with Crippen molar-refractivity contribution in [2.75, 3.05) is 0 Å². The molecular formula is C33H23N5. The molecule has 0 aliphatic rings. The van der Waals surface area contributed by atoms with Crippen molar-refractivity contribution in [3.8, 4) is 17.1 Å². The van der Waals surface area contributed by atoms with E-state index in [9.17, 15) is 0 Å². The molecule has 0 spiro atoms. The first-order valence-corrected chi connectivity index (χ1v) is 12.5. The molecule has 0 bridgehead atoms. The van der Waals surface area contributed by atoms with Gasteiger partial charge in [-0.05, 0) is 53.4 Å². The predicted molar refractivity (Wildman–Crippen MR) is 160 cm³/mol. The van der Waals surface area contributed by atoms with Gasteiger partial charge in [0.05, 0.1) is 11.0 Å². The SMILES string of the molecule is C=Nc1c(-c2cccc3ccccc23)nnc(-n2c3ccccc3c3cc4ccccc4cc32)c1/N=C\C. The summed E-state index contributed by atoms with van der Waals surface area (Å²) in [4.78, 5) is 9.27. The quantitative estimate of drug-likeness (QED) is 0.232. The normalized spacial score (nSPS) is 11.8. The number of hydrogen-bond donors (Lipinski definition) is 0. The van der Waals surface area contributed by atoms with Gasteiger partial charge in [-0.1, -0.05) is 84.9 Å². The van der Waals surface area contributed by atoms with E-state index in [1.54, 1.807) is 6.21 Å². The number of nitrogens with zero attached hydrogens (tertiary/aromatic N) is 5. The van der Waals surface area contributed by atoms with Gasteiger partial charge in [-0.2, -0.15) is 0 Å². The first kappa shape index (κ1) is 22.1. The maximum Gasteiger partial charge on any atom is 0.188 e. The Morgan fingerprint density at radius 1 is 0.658 bits per heavy atom. The number of fused-ring (bicyclic) bond motifs is 5. The van der Waals surface area contributed by atoms with Crippen LogP contribution in [0.2, 0.25) is 0 Å². The molecule has 5 aromatic carbocycles. The second-order valence-electron chi connectivity index (χ2n) is 9.21. The Labute approximate surface area is 219 Å². The van der Waals surface area contributed by atoms with Crippen LogP contribution < -0.4 is 0 Å². The summed E-state index contributed by atoms with van der Waals surface area (Å²) in [6.07, 6.45) is 1.77. The Hall–Kier alpha value is -5.16. The molecule has 0 N–H and O–H groups in total. The summed E-state index contributed by atoms with van der Waals surface area (Å²) in [6, 6.07) is 35.7. The lowest BCUT2D eigenvalue weighted by atomic mass is 10.0. The van der Waals surface area contributed by atoms with Crippen LogP contribution in [-0.2, 0) is 0 Å². The van der Waals surface area contributed by atoms with Crippen LogP contribution in [0, 0.1) is 0 Å². The Kier molecular flexibility index (Phi) is 5.08. The maximum absolute atomic E-state index is 4.82. The van der Waals surface area contributed by atoms with E-state index in [2.05, 4.69) is 89.1 Å². The minimum absolute atomic E-state index is 0.608. The van der Waals surface area contributed by atoms with E-state index in [1.165, 1.54) is 5.39 Å². The number of rotatable bonds is 4. The lowest BCUT2D eigenvalue weighted by Gasteiger charge is -2.15. The molecule has 0 amide bonds. The van der Waals surface area contributed by atoms with Crippen molar-refractivity contribution in [2.45, 2.75) is 6.92 Å². The first-order valence-electron chi connectivity index (χ1n) is 12.5. The topological polar surface area (TPSA) is 55.4 Å². The number of para-hydroxylation sites is 1. The van der Waals surface area contributed by atoms with Crippen molar-refractivity contribution in [1.82, 2.24) is 14.8 Å². The number of hydrogen-bond acceptors (Lipinski definition) is 4. The third-order valence-electron chi connectivity index (χ3n) is 7.12. The van der Waals surface area contributed by atoms with Gasteiger partial charge in [-0.25, -0.2) is 0 Å². The molecule has 180 valence electrons. The van der Waals surface area contributed by atoms with E-state index >= 15 is 0 Å². The highest BCUT2D eigenvalue weighted by Crippen LogP contribution is 2.44. The minimum Gasteiger partial charge on any atom is -0.290 e. The summed E-state index contributed by atoms with van der Waals surface area (Å²) in [7, 11) is 0. The van der Waals surface area contributed by atoms with Crippen LogP contribution in [0.15, 0.2) is 113 Å². The summed E-state index contributed by atoms with van der Waals surface area (Å²) in [5, 5.41) is 16.4. The lowest BCUT2D eigenvalue weighted by molar-refractivity contribution is 0.957. The molecular weight excluding hydrogens is 466 g/mol. The van der Waals surface area contributed by atoms with Crippen molar-refractivity contribution in [3.05, 3.63) is 103 Å². The summed E-state index contributed by atoms with van der Waals surface area (Å²) in [6.45, 7) is 5.82. The second kappa shape index (κ2) is 8.75. The minimum atomic E-state index is 0.608. The van der Waals surface area contributed by atoms with Crippen LogP contribution in [-0.4, -0.2) is 27.7 Å². The smallest absolute Gasteiger partial charge is 0.188 e. The van der Waals surface area contributed by atoms with Crippen LogP contribution in [0.1, 0.15) is 6.92 Å². The first-order chi connectivity index (χ1) is 18.8. The highest BCUT2D eigenvalue weighted by atomic mass is 15.2. The Balaban J connectivity index is 1.59. The van der Waals surface area contributed by atoms with Gasteiger partial charge in [0.15, 0.2) is 5.82 Å². The van der Waals surface area contributed by atoms with Gasteiger partial charge >= 0.3 is 0 Å². The van der Waals surface area contributed by atoms with Crippen LogP contribution >= 0.6 is 0 Å². The zero-order valence-electron chi connectivity index (χ0n) is 20.8. The van der Waals surface area contributed by atoms with Crippen LogP contribution in [0.25, 0.3) is 60.4 Å². The summed E-state index contributed by atoms with van der Waals surface area (Å²) in [5.74, 6) is 0.621. The fraction of sp³-hybridized carbons (Fsp3) is 0.0303. The van der Waals surface area contributed by atoms with Gasteiger partial charge in [0, 0.05) is 22.6 Å². The lowest BCUT2D eigenvalue weighted by Crippen LogP contribution is -2.02. The molecule has 0 aliphatic carbocycles. The Bertz CT molecular complexity index is 2060. The zero-order chi connectivity index (χ0) is 25.6. The monoisotopic (exact) mass is 489 g/mol. The van der Waals surface area contributed by atoms with Crippen molar-refractivity contribution in [3.63, 3.8) is 0 Å². The largest absolute Gasteiger partial charge is 0.290 e. The maximum atomic E-state index is 4.82. The molecule has 2 heterocycles. The van der Waals surface area contributed by atoms with E-state index < -0.39 is 0 Å².